The number of amides is 6. The van der Waals surface area contributed by atoms with Crippen molar-refractivity contribution < 1.29 is 44.1 Å². The van der Waals surface area contributed by atoms with Gasteiger partial charge in [-0.05, 0) is 30.5 Å². The molecule has 0 spiro atoms. The van der Waals surface area contributed by atoms with Crippen molar-refractivity contribution in [1.29, 1.82) is 0 Å². The number of aliphatic hydroxyl groups is 2. The number of nitrogens with two attached hydrogens (primary N) is 1. The summed E-state index contributed by atoms with van der Waals surface area (Å²) in [6.07, 6.45) is 3.54. The molecule has 45 heavy (non-hydrogen) atoms. The van der Waals surface area contributed by atoms with E-state index in [1.165, 1.54) is 36.5 Å². The summed E-state index contributed by atoms with van der Waals surface area (Å²) in [5.74, 6) is -4.48. The van der Waals surface area contributed by atoms with Crippen LogP contribution in [0.2, 0.25) is 0 Å². The maximum atomic E-state index is 13.9. The van der Waals surface area contributed by atoms with Crippen molar-refractivity contribution in [3.63, 3.8) is 0 Å². The highest BCUT2D eigenvalue weighted by molar-refractivity contribution is 5.96. The number of carbonyl (C=O) groups excluding carboxylic acids is 6. The Hall–Kier alpha value is -5.03. The summed E-state index contributed by atoms with van der Waals surface area (Å²) in [4.78, 5) is 84.5. The maximum absolute atomic E-state index is 13.9. The Bertz CT molecular complexity index is 1350. The number of likely N-dealkylation sites (tertiary alicyclic amines) is 1. The first-order valence-corrected chi connectivity index (χ1v) is 14.2. The van der Waals surface area contributed by atoms with Gasteiger partial charge in [-0.2, -0.15) is 0 Å². The number of hydrogen-bond donors (Lipinski definition) is 9. The van der Waals surface area contributed by atoms with Crippen LogP contribution in [0.15, 0.2) is 36.8 Å². The van der Waals surface area contributed by atoms with Crippen LogP contribution in [0.3, 0.4) is 0 Å². The van der Waals surface area contributed by atoms with Crippen LogP contribution in [0.25, 0.3) is 0 Å². The molecule has 17 heteroatoms. The molecule has 0 bridgehead atoms. The van der Waals surface area contributed by atoms with E-state index in [0.29, 0.717) is 17.7 Å². The number of H-pyrrole nitrogens is 1. The highest BCUT2D eigenvalue weighted by Gasteiger charge is 2.39. The van der Waals surface area contributed by atoms with Gasteiger partial charge in [-0.3, -0.25) is 28.8 Å². The molecule has 3 rings (SSSR count). The Balaban J connectivity index is 1.78. The third kappa shape index (κ3) is 9.73. The number of phenolic OH excluding ortho intramolecular Hbond substituents is 1. The number of phenols is 1. The Labute approximate surface area is 257 Å². The second kappa shape index (κ2) is 16.2. The van der Waals surface area contributed by atoms with Crippen molar-refractivity contribution in [2.45, 2.75) is 62.8 Å². The topological polar surface area (TPSA) is 269 Å². The lowest BCUT2D eigenvalue weighted by Gasteiger charge is -2.30. The molecule has 6 amide bonds. The largest absolute Gasteiger partial charge is 0.508 e. The lowest BCUT2D eigenvalue weighted by atomic mass is 10.0. The fourth-order valence-electron chi connectivity index (χ4n) is 4.86. The molecule has 1 fully saturated rings. The Morgan fingerprint density at radius 2 is 1.58 bits per heavy atom. The molecule has 2 heterocycles. The smallest absolute Gasteiger partial charge is 0.246 e. The molecule has 5 atom stereocenters. The normalized spacial score (nSPS) is 17.0. The van der Waals surface area contributed by atoms with Crippen molar-refractivity contribution >= 4 is 35.4 Å². The number of aromatic hydroxyl groups is 1. The third-order valence-electron chi connectivity index (χ3n) is 7.16. The molecule has 244 valence electrons. The van der Waals surface area contributed by atoms with Gasteiger partial charge in [0.15, 0.2) is 0 Å². The zero-order valence-electron chi connectivity index (χ0n) is 24.6. The number of carbonyl (C=O) groups is 6. The van der Waals surface area contributed by atoms with E-state index < -0.39 is 78.9 Å². The molecule has 1 aromatic carbocycles. The molecule has 1 aliphatic heterocycles. The molecule has 0 aliphatic carbocycles. The average molecular weight is 631 g/mol. The first kappa shape index (κ1) is 34.5. The second-order valence-electron chi connectivity index (χ2n) is 10.5. The average Bonchev–Trinajstić information content (AvgIpc) is 3.71. The number of imidazole rings is 1. The minimum Gasteiger partial charge on any atom is -0.508 e. The van der Waals surface area contributed by atoms with Gasteiger partial charge in [-0.15, -0.1) is 0 Å². The van der Waals surface area contributed by atoms with Gasteiger partial charge in [-0.25, -0.2) is 4.98 Å². The minimum atomic E-state index is -1.51. The number of aromatic nitrogens is 2. The van der Waals surface area contributed by atoms with E-state index in [0.717, 1.165) is 0 Å². The number of hydrogen-bond acceptors (Lipinski definition) is 10. The van der Waals surface area contributed by atoms with Gasteiger partial charge in [-0.1, -0.05) is 12.1 Å². The number of nitrogens with zero attached hydrogens (tertiary/aromatic N) is 2. The summed E-state index contributed by atoms with van der Waals surface area (Å²) in [5.41, 5.74) is 6.26. The lowest BCUT2D eigenvalue weighted by molar-refractivity contribution is -0.142. The van der Waals surface area contributed by atoms with Crippen LogP contribution in [-0.2, 0) is 41.6 Å². The highest BCUT2D eigenvalue weighted by atomic mass is 16.3. The number of aromatic amines is 1. The minimum absolute atomic E-state index is 0.0275. The molecule has 0 radical (unpaired) electrons. The van der Waals surface area contributed by atoms with E-state index in [9.17, 15) is 44.1 Å². The van der Waals surface area contributed by atoms with Crippen LogP contribution in [0.4, 0.5) is 0 Å². The van der Waals surface area contributed by atoms with Crippen molar-refractivity contribution in [2.75, 3.05) is 19.8 Å². The number of primary amides is 1. The van der Waals surface area contributed by atoms with Gasteiger partial charge < -0.3 is 52.2 Å². The van der Waals surface area contributed by atoms with Crippen LogP contribution < -0.4 is 27.0 Å². The van der Waals surface area contributed by atoms with Crippen LogP contribution in [0.1, 0.15) is 31.0 Å². The molecular weight excluding hydrogens is 592 g/mol. The SMILES string of the molecule is CC(=O)N[C@@H](Cc1ccc(O)cc1)C(=O)N[C@@H](Cc1cnc[nH]1)C(=O)N1CCC[C@H]1C(=O)N[C@@H](CO)C(=O)N[C@@H](CO)C(N)=O. The zero-order valence-corrected chi connectivity index (χ0v) is 24.6. The van der Waals surface area contributed by atoms with Gasteiger partial charge in [0.1, 0.15) is 36.0 Å². The predicted octanol–water partition coefficient (Wildman–Crippen LogP) is -3.68. The van der Waals surface area contributed by atoms with E-state index >= 15 is 0 Å². The molecule has 0 saturated carbocycles. The quantitative estimate of drug-likeness (QED) is 0.0930. The van der Waals surface area contributed by atoms with Gasteiger partial charge in [0.05, 0.1) is 19.5 Å². The maximum Gasteiger partial charge on any atom is 0.246 e. The monoisotopic (exact) mass is 630 g/mol. The number of benzene rings is 1. The van der Waals surface area contributed by atoms with Crippen molar-refractivity contribution in [3.8, 4) is 5.75 Å². The number of rotatable bonds is 15. The van der Waals surface area contributed by atoms with Crippen LogP contribution in [0.5, 0.6) is 5.75 Å². The van der Waals surface area contributed by atoms with E-state index in [-0.39, 0.29) is 31.6 Å². The lowest BCUT2D eigenvalue weighted by Crippen LogP contribution is -2.60. The van der Waals surface area contributed by atoms with E-state index in [1.54, 1.807) is 12.1 Å². The van der Waals surface area contributed by atoms with Crippen LogP contribution in [-0.4, -0.2) is 116 Å². The van der Waals surface area contributed by atoms with E-state index in [2.05, 4.69) is 31.2 Å². The Kier molecular flexibility index (Phi) is 12.4. The van der Waals surface area contributed by atoms with E-state index in [1.807, 2.05) is 0 Å². The zero-order chi connectivity index (χ0) is 33.1. The van der Waals surface area contributed by atoms with Gasteiger partial charge in [0.25, 0.3) is 0 Å². The summed E-state index contributed by atoms with van der Waals surface area (Å²) >= 11 is 0. The van der Waals surface area contributed by atoms with Crippen molar-refractivity contribution in [1.82, 2.24) is 36.1 Å². The van der Waals surface area contributed by atoms with Crippen LogP contribution >= 0.6 is 0 Å². The molecule has 2 aromatic rings. The fourth-order valence-corrected chi connectivity index (χ4v) is 4.86. The summed E-state index contributed by atoms with van der Waals surface area (Å²) in [7, 11) is 0. The van der Waals surface area contributed by atoms with Crippen LogP contribution in [0, 0.1) is 0 Å². The summed E-state index contributed by atoms with van der Waals surface area (Å²) in [6.45, 7) is -0.243. The highest BCUT2D eigenvalue weighted by Crippen LogP contribution is 2.20. The molecule has 10 N–H and O–H groups in total. The first-order valence-electron chi connectivity index (χ1n) is 14.2. The summed E-state index contributed by atoms with van der Waals surface area (Å²) < 4.78 is 0. The standard InChI is InChI=1S/C28H38N8O9/c1-15(39)32-19(9-16-4-6-18(40)7-5-16)25(42)33-20(10-17-11-30-14-31-17)28(45)36-8-2-3-23(36)27(44)35-22(13-38)26(43)34-21(12-37)24(29)41/h4-7,11,14,19-23,37-38,40H,2-3,8-10,12-13H2,1H3,(H2,29,41)(H,30,31)(H,32,39)(H,33,42)(H,34,43)(H,35,44)/t19-,20-,21-,22-,23-/m0/s1. The van der Waals surface area contributed by atoms with Crippen molar-refractivity contribution in [2.24, 2.45) is 5.73 Å². The van der Waals surface area contributed by atoms with E-state index in [4.69, 9.17) is 5.73 Å². The molecule has 1 aliphatic rings. The predicted molar refractivity (Wildman–Crippen MR) is 156 cm³/mol. The molecule has 1 aromatic heterocycles. The summed E-state index contributed by atoms with van der Waals surface area (Å²) in [6, 6.07) is -0.213. The van der Waals surface area contributed by atoms with Gasteiger partial charge >= 0.3 is 0 Å². The molecular formula is C28H38N8O9. The molecule has 0 unspecified atom stereocenters. The number of aliphatic hydroxyl groups excluding tert-OH is 2. The summed E-state index contributed by atoms with van der Waals surface area (Å²) in [5, 5.41) is 38.3. The molecule has 17 nitrogen and oxygen atoms in total. The van der Waals surface area contributed by atoms with Gasteiger partial charge in [0.2, 0.25) is 35.4 Å². The second-order valence-corrected chi connectivity index (χ2v) is 10.5. The Morgan fingerprint density at radius 1 is 0.933 bits per heavy atom. The number of nitrogens with one attached hydrogen (secondary N) is 5. The third-order valence-corrected chi connectivity index (χ3v) is 7.16. The Morgan fingerprint density at radius 3 is 2.16 bits per heavy atom. The fraction of sp³-hybridized carbons (Fsp3) is 0.464. The van der Waals surface area contributed by atoms with Crippen molar-refractivity contribution in [3.05, 3.63) is 48.0 Å². The first-order chi connectivity index (χ1) is 21.4. The molecule has 1 saturated heterocycles. The van der Waals surface area contributed by atoms with Gasteiger partial charge in [0, 0.05) is 38.2 Å².